The molecule has 0 saturated heterocycles. The summed E-state index contributed by atoms with van der Waals surface area (Å²) in [5, 5.41) is 8.86. The monoisotopic (exact) mass is 229 g/mol. The Morgan fingerprint density at radius 3 is 1.75 bits per heavy atom. The zero-order valence-electron chi connectivity index (χ0n) is 11.0. The van der Waals surface area contributed by atoms with Crippen LogP contribution in [0.2, 0.25) is 0 Å². The van der Waals surface area contributed by atoms with Crippen molar-refractivity contribution in [2.75, 3.05) is 7.05 Å². The van der Waals surface area contributed by atoms with Gasteiger partial charge in [0.15, 0.2) is 0 Å². The van der Waals surface area contributed by atoms with Gasteiger partial charge in [-0.1, -0.05) is 27.7 Å². The Hall–Kier alpha value is -1.06. The quantitative estimate of drug-likeness (QED) is 0.782. The van der Waals surface area contributed by atoms with Crippen molar-refractivity contribution in [3.05, 3.63) is 0 Å². The number of aliphatic carboxylic acids is 1. The highest BCUT2D eigenvalue weighted by molar-refractivity contribution is 5.84. The van der Waals surface area contributed by atoms with Crippen molar-refractivity contribution in [3.63, 3.8) is 0 Å². The Bertz CT molecular complexity index is 263. The summed E-state index contributed by atoms with van der Waals surface area (Å²) in [5.74, 6) is -1.79. The second-order valence-electron chi connectivity index (χ2n) is 4.85. The van der Waals surface area contributed by atoms with Gasteiger partial charge < -0.3 is 10.0 Å². The van der Waals surface area contributed by atoms with E-state index in [0.717, 1.165) is 0 Å². The molecule has 0 bridgehead atoms. The predicted molar refractivity (Wildman–Crippen MR) is 63.0 cm³/mol. The van der Waals surface area contributed by atoms with E-state index >= 15 is 0 Å². The molecular formula is C12H23NO3. The average Bonchev–Trinajstić information content (AvgIpc) is 2.23. The number of amides is 1. The minimum atomic E-state index is -0.925. The number of carbonyl (C=O) groups is 2. The second kappa shape index (κ2) is 5.87. The van der Waals surface area contributed by atoms with E-state index in [2.05, 4.69) is 0 Å². The molecule has 0 radical (unpaired) electrons. The highest BCUT2D eigenvalue weighted by Gasteiger charge is 2.30. The summed E-state index contributed by atoms with van der Waals surface area (Å²) in [7, 11) is 1.73. The van der Waals surface area contributed by atoms with Crippen molar-refractivity contribution >= 4 is 11.9 Å². The molecule has 4 heteroatoms. The van der Waals surface area contributed by atoms with E-state index in [9.17, 15) is 9.59 Å². The van der Waals surface area contributed by atoms with Crippen LogP contribution in [0, 0.1) is 17.8 Å². The topological polar surface area (TPSA) is 57.6 Å². The number of carboxylic acid groups (broad SMARTS) is 1. The molecule has 0 aromatic carbocycles. The van der Waals surface area contributed by atoms with Gasteiger partial charge >= 0.3 is 5.97 Å². The number of hydrogen-bond acceptors (Lipinski definition) is 2. The van der Waals surface area contributed by atoms with E-state index in [1.165, 1.54) is 0 Å². The summed E-state index contributed by atoms with van der Waals surface area (Å²) >= 11 is 0. The van der Waals surface area contributed by atoms with Gasteiger partial charge in [-0.3, -0.25) is 9.59 Å². The molecule has 3 atom stereocenters. The predicted octanol–water partition coefficient (Wildman–Crippen LogP) is 1.85. The van der Waals surface area contributed by atoms with E-state index in [1.807, 2.05) is 20.8 Å². The van der Waals surface area contributed by atoms with E-state index in [-0.39, 0.29) is 11.9 Å². The zero-order valence-corrected chi connectivity index (χ0v) is 11.0. The molecule has 0 spiro atoms. The molecule has 94 valence electrons. The van der Waals surface area contributed by atoms with E-state index < -0.39 is 17.8 Å². The van der Waals surface area contributed by atoms with Crippen LogP contribution in [-0.4, -0.2) is 35.0 Å². The smallest absolute Gasteiger partial charge is 0.307 e. The van der Waals surface area contributed by atoms with Gasteiger partial charge in [-0.15, -0.1) is 0 Å². The lowest BCUT2D eigenvalue weighted by atomic mass is 9.93. The summed E-state index contributed by atoms with van der Waals surface area (Å²) in [6, 6.07) is 0.121. The zero-order chi connectivity index (χ0) is 13.0. The molecule has 16 heavy (non-hydrogen) atoms. The van der Waals surface area contributed by atoms with Crippen molar-refractivity contribution < 1.29 is 14.7 Å². The van der Waals surface area contributed by atoms with Crippen molar-refractivity contribution in [2.24, 2.45) is 17.8 Å². The fourth-order valence-electron chi connectivity index (χ4n) is 1.40. The number of rotatable bonds is 5. The fraction of sp³-hybridized carbons (Fsp3) is 0.833. The van der Waals surface area contributed by atoms with Gasteiger partial charge in [0.25, 0.3) is 0 Å². The molecule has 0 aliphatic heterocycles. The van der Waals surface area contributed by atoms with Gasteiger partial charge in [0.2, 0.25) is 5.91 Å². The Morgan fingerprint density at radius 1 is 1.00 bits per heavy atom. The van der Waals surface area contributed by atoms with Crippen LogP contribution >= 0.6 is 0 Å². The van der Waals surface area contributed by atoms with Crippen LogP contribution < -0.4 is 0 Å². The van der Waals surface area contributed by atoms with Crippen LogP contribution in [0.4, 0.5) is 0 Å². The minimum Gasteiger partial charge on any atom is -0.481 e. The number of carboxylic acids is 1. The molecule has 0 saturated carbocycles. The average molecular weight is 229 g/mol. The van der Waals surface area contributed by atoms with E-state index in [4.69, 9.17) is 5.11 Å². The van der Waals surface area contributed by atoms with Crippen LogP contribution in [0.3, 0.4) is 0 Å². The van der Waals surface area contributed by atoms with Gasteiger partial charge in [0, 0.05) is 19.0 Å². The lowest BCUT2D eigenvalue weighted by Gasteiger charge is -2.31. The standard InChI is InChI=1S/C12H23NO3/c1-7(2)10(5)13(6)11(14)8(3)9(4)12(15)16/h7-10H,1-6H3,(H,15,16). The van der Waals surface area contributed by atoms with E-state index in [0.29, 0.717) is 5.92 Å². The molecule has 0 fully saturated rings. The SMILES string of the molecule is CC(C)C(C)N(C)C(=O)C(C)C(C)C(=O)O. The van der Waals surface area contributed by atoms with Crippen LogP contribution in [-0.2, 0) is 9.59 Å². The Balaban J connectivity index is 4.61. The van der Waals surface area contributed by atoms with Gasteiger partial charge in [0.05, 0.1) is 5.92 Å². The largest absolute Gasteiger partial charge is 0.481 e. The molecule has 0 heterocycles. The first-order valence-corrected chi connectivity index (χ1v) is 5.69. The third-order valence-electron chi connectivity index (χ3n) is 3.45. The minimum absolute atomic E-state index is 0.101. The lowest BCUT2D eigenvalue weighted by molar-refractivity contribution is -0.149. The molecule has 0 aliphatic rings. The van der Waals surface area contributed by atoms with Crippen LogP contribution in [0.5, 0.6) is 0 Å². The molecular weight excluding hydrogens is 206 g/mol. The molecule has 3 unspecified atom stereocenters. The molecule has 0 aromatic heterocycles. The van der Waals surface area contributed by atoms with Crippen LogP contribution in [0.1, 0.15) is 34.6 Å². The molecule has 0 rings (SSSR count). The Kier molecular flexibility index (Phi) is 5.48. The van der Waals surface area contributed by atoms with Crippen molar-refractivity contribution in [1.29, 1.82) is 0 Å². The first-order valence-electron chi connectivity index (χ1n) is 5.69. The van der Waals surface area contributed by atoms with Crippen molar-refractivity contribution in [2.45, 2.75) is 40.7 Å². The number of carbonyl (C=O) groups excluding carboxylic acids is 1. The Labute approximate surface area is 97.6 Å². The summed E-state index contributed by atoms with van der Waals surface area (Å²) in [4.78, 5) is 24.4. The van der Waals surface area contributed by atoms with Gasteiger partial charge in [-0.2, -0.15) is 0 Å². The molecule has 0 aliphatic carbocycles. The Morgan fingerprint density at radius 2 is 1.44 bits per heavy atom. The lowest BCUT2D eigenvalue weighted by Crippen LogP contribution is -2.43. The van der Waals surface area contributed by atoms with E-state index in [1.54, 1.807) is 25.8 Å². The third-order valence-corrected chi connectivity index (χ3v) is 3.45. The maximum Gasteiger partial charge on any atom is 0.307 e. The molecule has 1 N–H and O–H groups in total. The van der Waals surface area contributed by atoms with Gasteiger partial charge in [0.1, 0.15) is 0 Å². The van der Waals surface area contributed by atoms with Crippen molar-refractivity contribution in [1.82, 2.24) is 4.90 Å². The normalized spacial score (nSPS) is 16.7. The number of hydrogen-bond donors (Lipinski definition) is 1. The molecule has 1 amide bonds. The van der Waals surface area contributed by atoms with Crippen LogP contribution in [0.25, 0.3) is 0 Å². The maximum atomic E-state index is 12.0. The molecule has 4 nitrogen and oxygen atoms in total. The fourth-order valence-corrected chi connectivity index (χ4v) is 1.40. The first-order chi connectivity index (χ1) is 7.20. The highest BCUT2D eigenvalue weighted by Crippen LogP contribution is 2.17. The highest BCUT2D eigenvalue weighted by atomic mass is 16.4. The molecule has 0 aromatic rings. The van der Waals surface area contributed by atoms with Crippen molar-refractivity contribution in [3.8, 4) is 0 Å². The summed E-state index contributed by atoms with van der Waals surface area (Å²) < 4.78 is 0. The van der Waals surface area contributed by atoms with Gasteiger partial charge in [-0.05, 0) is 12.8 Å². The summed E-state index contributed by atoms with van der Waals surface area (Å²) in [5.41, 5.74) is 0. The maximum absolute atomic E-state index is 12.0. The second-order valence-corrected chi connectivity index (χ2v) is 4.85. The van der Waals surface area contributed by atoms with Gasteiger partial charge in [-0.25, -0.2) is 0 Å². The number of nitrogens with zero attached hydrogens (tertiary/aromatic N) is 1. The van der Waals surface area contributed by atoms with Crippen LogP contribution in [0.15, 0.2) is 0 Å². The summed E-state index contributed by atoms with van der Waals surface area (Å²) in [6.45, 7) is 9.30. The third kappa shape index (κ3) is 3.51. The summed E-state index contributed by atoms with van der Waals surface area (Å²) in [6.07, 6.45) is 0. The first kappa shape index (κ1) is 14.9.